The molecule has 0 aromatic heterocycles. The number of halogens is 2. The van der Waals surface area contributed by atoms with Crippen molar-refractivity contribution in [1.82, 2.24) is 4.90 Å². The summed E-state index contributed by atoms with van der Waals surface area (Å²) in [5.41, 5.74) is -0.0130. The van der Waals surface area contributed by atoms with Crippen LogP contribution in [0.2, 0.25) is 0 Å². The van der Waals surface area contributed by atoms with E-state index in [0.717, 1.165) is 37.8 Å². The number of carbonyl (C=O) groups is 1. The monoisotopic (exact) mass is 378 g/mol. The highest BCUT2D eigenvalue weighted by Gasteiger charge is 2.25. The van der Waals surface area contributed by atoms with Gasteiger partial charge in [0, 0.05) is 13.1 Å². The third kappa shape index (κ3) is 3.81. The number of carbonyl (C=O) groups excluding carboxylic acids is 1. The first-order valence-electron chi connectivity index (χ1n) is 6.62. The van der Waals surface area contributed by atoms with E-state index in [0.29, 0.717) is 13.1 Å². The molecule has 1 aromatic carbocycles. The van der Waals surface area contributed by atoms with Gasteiger partial charge in [-0.1, -0.05) is 12.8 Å². The molecule has 0 aliphatic carbocycles. The van der Waals surface area contributed by atoms with Crippen molar-refractivity contribution in [1.29, 1.82) is 0 Å². The summed E-state index contributed by atoms with van der Waals surface area (Å²) in [6, 6.07) is 1.84. The molecule has 1 aliphatic rings. The lowest BCUT2D eigenvalue weighted by Gasteiger charge is -2.21. The van der Waals surface area contributed by atoms with E-state index in [-0.39, 0.29) is 15.9 Å². The topological polar surface area (TPSA) is 80.5 Å². The Balaban J connectivity index is 2.43. The number of hydrogen-bond donors (Lipinski definition) is 1. The molecule has 2 rings (SSSR count). The van der Waals surface area contributed by atoms with E-state index in [9.17, 15) is 17.6 Å². The average molecular weight is 379 g/mol. The second-order valence-electron chi connectivity index (χ2n) is 5.02. The SMILES string of the molecule is NS(=O)(=O)c1cc(F)cc(C(=O)N2CCCCCC2)c1Br. The summed E-state index contributed by atoms with van der Waals surface area (Å²) < 4.78 is 36.6. The van der Waals surface area contributed by atoms with E-state index in [4.69, 9.17) is 5.14 Å². The fraction of sp³-hybridized carbons (Fsp3) is 0.462. The summed E-state index contributed by atoms with van der Waals surface area (Å²) >= 11 is 3.06. The smallest absolute Gasteiger partial charge is 0.255 e. The van der Waals surface area contributed by atoms with Gasteiger partial charge in [0.2, 0.25) is 10.0 Å². The van der Waals surface area contributed by atoms with Crippen molar-refractivity contribution in [2.75, 3.05) is 13.1 Å². The predicted octanol–water partition coefficient (Wildman–Crippen LogP) is 2.25. The number of nitrogens with zero attached hydrogens (tertiary/aromatic N) is 1. The minimum absolute atomic E-state index is 0.0130. The summed E-state index contributed by atoms with van der Waals surface area (Å²) in [7, 11) is -4.11. The minimum atomic E-state index is -4.11. The van der Waals surface area contributed by atoms with Gasteiger partial charge in [0.1, 0.15) is 5.82 Å². The first kappa shape index (κ1) is 16.4. The summed E-state index contributed by atoms with van der Waals surface area (Å²) in [6.07, 6.45) is 3.88. The van der Waals surface area contributed by atoms with Gasteiger partial charge in [0.05, 0.1) is 14.9 Å². The van der Waals surface area contributed by atoms with E-state index in [1.807, 2.05) is 0 Å². The maximum atomic E-state index is 13.6. The van der Waals surface area contributed by atoms with Crippen LogP contribution in [0.4, 0.5) is 4.39 Å². The van der Waals surface area contributed by atoms with Gasteiger partial charge in [0.25, 0.3) is 5.91 Å². The van der Waals surface area contributed by atoms with Crippen molar-refractivity contribution in [2.24, 2.45) is 5.14 Å². The van der Waals surface area contributed by atoms with Crippen LogP contribution in [0.25, 0.3) is 0 Å². The van der Waals surface area contributed by atoms with E-state index in [1.54, 1.807) is 4.90 Å². The number of amides is 1. The third-order valence-corrected chi connectivity index (χ3v) is 5.49. The van der Waals surface area contributed by atoms with E-state index in [2.05, 4.69) is 15.9 Å². The quantitative estimate of drug-likeness (QED) is 0.856. The summed E-state index contributed by atoms with van der Waals surface area (Å²) in [4.78, 5) is 13.7. The lowest BCUT2D eigenvalue weighted by Crippen LogP contribution is -2.32. The summed E-state index contributed by atoms with van der Waals surface area (Å²) in [5.74, 6) is -1.19. The molecular formula is C13H16BrFN2O3S. The molecule has 0 bridgehead atoms. The molecule has 0 saturated carbocycles. The Bertz CT molecular complexity index is 656. The Hall–Kier alpha value is -0.990. The van der Waals surface area contributed by atoms with Crippen LogP contribution in [0.5, 0.6) is 0 Å². The normalized spacial score (nSPS) is 16.6. The van der Waals surface area contributed by atoms with Crippen LogP contribution in [0.15, 0.2) is 21.5 Å². The average Bonchev–Trinajstić information content (AvgIpc) is 2.68. The standard InChI is InChI=1S/C13H16BrFN2O3S/c14-12-10(7-9(15)8-11(12)21(16,19)20)13(18)17-5-3-1-2-4-6-17/h7-8H,1-6H2,(H2,16,19,20). The Morgan fingerprint density at radius 3 is 2.29 bits per heavy atom. The van der Waals surface area contributed by atoms with Crippen molar-refractivity contribution in [3.63, 3.8) is 0 Å². The first-order chi connectivity index (χ1) is 9.80. The highest BCUT2D eigenvalue weighted by molar-refractivity contribution is 9.10. The first-order valence-corrected chi connectivity index (χ1v) is 8.96. The van der Waals surface area contributed by atoms with Gasteiger partial charge in [0.15, 0.2) is 0 Å². The molecule has 8 heteroatoms. The molecule has 21 heavy (non-hydrogen) atoms. The van der Waals surface area contributed by atoms with Crippen LogP contribution >= 0.6 is 15.9 Å². The molecular weight excluding hydrogens is 363 g/mol. The molecule has 1 fully saturated rings. The molecule has 1 aliphatic heterocycles. The van der Waals surface area contributed by atoms with Gasteiger partial charge in [-0.05, 0) is 40.9 Å². The van der Waals surface area contributed by atoms with Gasteiger partial charge in [-0.2, -0.15) is 0 Å². The molecule has 1 aromatic rings. The number of benzene rings is 1. The largest absolute Gasteiger partial charge is 0.339 e. The van der Waals surface area contributed by atoms with Gasteiger partial charge in [-0.25, -0.2) is 17.9 Å². The number of hydrogen-bond acceptors (Lipinski definition) is 3. The van der Waals surface area contributed by atoms with E-state index < -0.39 is 20.7 Å². The molecule has 0 radical (unpaired) electrons. The molecule has 2 N–H and O–H groups in total. The lowest BCUT2D eigenvalue weighted by molar-refractivity contribution is 0.0760. The number of rotatable bonds is 2. The van der Waals surface area contributed by atoms with Gasteiger partial charge in [-0.15, -0.1) is 0 Å². The zero-order valence-electron chi connectivity index (χ0n) is 11.3. The van der Waals surface area contributed by atoms with Crippen LogP contribution in [0.1, 0.15) is 36.0 Å². The van der Waals surface area contributed by atoms with Crippen LogP contribution < -0.4 is 5.14 Å². The minimum Gasteiger partial charge on any atom is -0.339 e. The number of sulfonamides is 1. The molecule has 1 heterocycles. The maximum Gasteiger partial charge on any atom is 0.255 e. The second kappa shape index (κ2) is 6.41. The number of likely N-dealkylation sites (tertiary alicyclic amines) is 1. The highest BCUT2D eigenvalue weighted by atomic mass is 79.9. The zero-order chi connectivity index (χ0) is 15.6. The predicted molar refractivity (Wildman–Crippen MR) is 79.8 cm³/mol. The van der Waals surface area contributed by atoms with Crippen molar-refractivity contribution in [2.45, 2.75) is 30.6 Å². The molecule has 5 nitrogen and oxygen atoms in total. The van der Waals surface area contributed by atoms with E-state index >= 15 is 0 Å². The fourth-order valence-corrected chi connectivity index (χ4v) is 4.08. The molecule has 1 amide bonds. The fourth-order valence-electron chi connectivity index (χ4n) is 2.37. The molecule has 1 saturated heterocycles. The lowest BCUT2D eigenvalue weighted by atomic mass is 10.2. The van der Waals surface area contributed by atoms with E-state index in [1.165, 1.54) is 0 Å². The van der Waals surface area contributed by atoms with Crippen LogP contribution in [0.3, 0.4) is 0 Å². The maximum absolute atomic E-state index is 13.6. The van der Waals surface area contributed by atoms with Crippen molar-refractivity contribution >= 4 is 31.9 Å². The molecule has 0 spiro atoms. The van der Waals surface area contributed by atoms with Gasteiger partial charge in [-0.3, -0.25) is 4.79 Å². The molecule has 0 unspecified atom stereocenters. The van der Waals surface area contributed by atoms with Gasteiger partial charge < -0.3 is 4.90 Å². The Morgan fingerprint density at radius 2 is 1.76 bits per heavy atom. The number of primary sulfonamides is 1. The third-order valence-electron chi connectivity index (χ3n) is 3.43. The zero-order valence-corrected chi connectivity index (χ0v) is 13.7. The second-order valence-corrected chi connectivity index (χ2v) is 7.34. The van der Waals surface area contributed by atoms with Crippen LogP contribution in [-0.4, -0.2) is 32.3 Å². The highest BCUT2D eigenvalue weighted by Crippen LogP contribution is 2.28. The van der Waals surface area contributed by atoms with Crippen molar-refractivity contribution in [3.8, 4) is 0 Å². The Kier molecular flexibility index (Phi) is 5.00. The number of nitrogens with two attached hydrogens (primary N) is 1. The van der Waals surface area contributed by atoms with Crippen LogP contribution in [-0.2, 0) is 10.0 Å². The Morgan fingerprint density at radius 1 is 1.19 bits per heavy atom. The van der Waals surface area contributed by atoms with Crippen molar-refractivity contribution < 1.29 is 17.6 Å². The van der Waals surface area contributed by atoms with Crippen molar-refractivity contribution in [3.05, 3.63) is 28.0 Å². The summed E-state index contributed by atoms with van der Waals surface area (Å²) in [6.45, 7) is 1.18. The summed E-state index contributed by atoms with van der Waals surface area (Å²) in [5, 5.41) is 5.05. The van der Waals surface area contributed by atoms with Crippen LogP contribution in [0, 0.1) is 5.82 Å². The molecule has 116 valence electrons. The Labute approximate surface area is 131 Å². The molecule has 0 atom stereocenters. The van der Waals surface area contributed by atoms with Gasteiger partial charge >= 0.3 is 0 Å².